The Balaban J connectivity index is 1.79. The molecule has 5 nitrogen and oxygen atoms in total. The van der Waals surface area contributed by atoms with Crippen molar-refractivity contribution in [3.8, 4) is 0 Å². The van der Waals surface area contributed by atoms with Gasteiger partial charge in [0.25, 0.3) is 0 Å². The van der Waals surface area contributed by atoms with Gasteiger partial charge in [0, 0.05) is 24.4 Å². The number of anilines is 1. The Labute approximate surface area is 176 Å². The number of halogens is 3. The molecule has 0 bridgehead atoms. The SMILES string of the molecule is CC1=C(c2nc3cccc(F)c3n2C)C(c2ccc(Cl)c(Cl)c2)n2nccc2N1. The molecule has 2 aromatic heterocycles. The van der Waals surface area contributed by atoms with E-state index in [1.54, 1.807) is 22.9 Å². The topological polar surface area (TPSA) is 47.7 Å². The first-order valence-electron chi connectivity index (χ1n) is 9.03. The molecule has 1 atom stereocenters. The summed E-state index contributed by atoms with van der Waals surface area (Å²) in [5, 5.41) is 8.83. The third kappa shape index (κ3) is 2.74. The number of rotatable bonds is 2. The van der Waals surface area contributed by atoms with Crippen LogP contribution in [0.15, 0.2) is 54.4 Å². The van der Waals surface area contributed by atoms with E-state index in [2.05, 4.69) is 10.4 Å². The lowest BCUT2D eigenvalue weighted by atomic mass is 9.95. The zero-order valence-corrected chi connectivity index (χ0v) is 17.1. The average molecular weight is 428 g/mol. The molecule has 1 aliphatic rings. The van der Waals surface area contributed by atoms with Crippen molar-refractivity contribution < 1.29 is 4.39 Å². The Bertz CT molecular complexity index is 1300. The number of para-hydroxylation sites is 1. The molecule has 0 amide bonds. The van der Waals surface area contributed by atoms with Crippen LogP contribution in [0, 0.1) is 5.82 Å². The number of aromatic nitrogens is 4. The predicted molar refractivity (Wildman–Crippen MR) is 114 cm³/mol. The first-order valence-corrected chi connectivity index (χ1v) is 9.79. The summed E-state index contributed by atoms with van der Waals surface area (Å²) in [6.07, 6.45) is 1.73. The first kappa shape index (κ1) is 18.2. The van der Waals surface area contributed by atoms with Crippen LogP contribution in [0.25, 0.3) is 16.6 Å². The summed E-state index contributed by atoms with van der Waals surface area (Å²) in [5.74, 6) is 1.20. The number of imidazole rings is 1. The first-order chi connectivity index (χ1) is 14.0. The molecule has 0 fully saturated rings. The van der Waals surface area contributed by atoms with Crippen LogP contribution in [-0.2, 0) is 7.05 Å². The minimum Gasteiger partial charge on any atom is -0.344 e. The van der Waals surface area contributed by atoms with E-state index in [1.165, 1.54) is 6.07 Å². The fraction of sp³-hybridized carbons (Fsp3) is 0.143. The van der Waals surface area contributed by atoms with E-state index < -0.39 is 0 Å². The van der Waals surface area contributed by atoms with Gasteiger partial charge in [0.15, 0.2) is 0 Å². The molecule has 5 rings (SSSR count). The Kier molecular flexibility index (Phi) is 4.15. The van der Waals surface area contributed by atoms with Gasteiger partial charge in [-0.05, 0) is 36.8 Å². The highest BCUT2D eigenvalue weighted by Crippen LogP contribution is 2.42. The number of fused-ring (bicyclic) bond motifs is 2. The molecule has 1 aliphatic heterocycles. The molecule has 4 aromatic rings. The molecule has 0 spiro atoms. The van der Waals surface area contributed by atoms with Crippen LogP contribution in [0.4, 0.5) is 10.2 Å². The smallest absolute Gasteiger partial charge is 0.149 e. The Morgan fingerprint density at radius 2 is 1.93 bits per heavy atom. The number of benzene rings is 2. The van der Waals surface area contributed by atoms with Crippen LogP contribution in [0.2, 0.25) is 10.0 Å². The third-order valence-electron chi connectivity index (χ3n) is 5.25. The second-order valence-electron chi connectivity index (χ2n) is 7.00. The van der Waals surface area contributed by atoms with E-state index in [-0.39, 0.29) is 11.9 Å². The van der Waals surface area contributed by atoms with Gasteiger partial charge >= 0.3 is 0 Å². The van der Waals surface area contributed by atoms with Crippen LogP contribution in [0.5, 0.6) is 0 Å². The van der Waals surface area contributed by atoms with Gasteiger partial charge in [0.2, 0.25) is 0 Å². The summed E-state index contributed by atoms with van der Waals surface area (Å²) < 4.78 is 18.1. The van der Waals surface area contributed by atoms with E-state index >= 15 is 0 Å². The monoisotopic (exact) mass is 427 g/mol. The van der Waals surface area contributed by atoms with Crippen LogP contribution in [-0.4, -0.2) is 19.3 Å². The van der Waals surface area contributed by atoms with Crippen LogP contribution in [0.3, 0.4) is 0 Å². The summed E-state index contributed by atoms with van der Waals surface area (Å²) >= 11 is 12.5. The summed E-state index contributed by atoms with van der Waals surface area (Å²) in [6.45, 7) is 1.98. The fourth-order valence-electron chi connectivity index (χ4n) is 3.95. The van der Waals surface area contributed by atoms with Gasteiger partial charge < -0.3 is 9.88 Å². The number of nitrogens with zero attached hydrogens (tertiary/aromatic N) is 4. The van der Waals surface area contributed by atoms with Gasteiger partial charge in [-0.3, -0.25) is 0 Å². The van der Waals surface area contributed by atoms with Crippen LogP contribution < -0.4 is 5.32 Å². The fourth-order valence-corrected chi connectivity index (χ4v) is 4.25. The Morgan fingerprint density at radius 3 is 2.69 bits per heavy atom. The van der Waals surface area contributed by atoms with Gasteiger partial charge in [0.05, 0.1) is 21.8 Å². The predicted octanol–water partition coefficient (Wildman–Crippen LogP) is 5.66. The maximum atomic E-state index is 14.5. The van der Waals surface area contributed by atoms with Crippen molar-refractivity contribution in [2.75, 3.05) is 5.32 Å². The Hall–Kier alpha value is -2.83. The second kappa shape index (κ2) is 6.61. The summed E-state index contributed by atoms with van der Waals surface area (Å²) in [4.78, 5) is 4.75. The molecule has 29 heavy (non-hydrogen) atoms. The van der Waals surface area contributed by atoms with Crippen molar-refractivity contribution in [3.63, 3.8) is 0 Å². The molecule has 1 unspecified atom stereocenters. The number of hydrogen-bond acceptors (Lipinski definition) is 3. The lowest BCUT2D eigenvalue weighted by Crippen LogP contribution is -2.25. The highest BCUT2D eigenvalue weighted by molar-refractivity contribution is 6.42. The van der Waals surface area contributed by atoms with Crippen molar-refractivity contribution in [1.29, 1.82) is 0 Å². The third-order valence-corrected chi connectivity index (χ3v) is 5.99. The van der Waals surface area contributed by atoms with Crippen LogP contribution in [0.1, 0.15) is 24.4 Å². The molecule has 0 radical (unpaired) electrons. The molecule has 1 N–H and O–H groups in total. The van der Waals surface area contributed by atoms with Gasteiger partial charge in [-0.1, -0.05) is 35.3 Å². The van der Waals surface area contributed by atoms with Crippen LogP contribution >= 0.6 is 23.2 Å². The largest absolute Gasteiger partial charge is 0.344 e. The number of allylic oxidation sites excluding steroid dienone is 2. The molecular formula is C21H16Cl2FN5. The van der Waals surface area contributed by atoms with E-state index in [4.69, 9.17) is 28.2 Å². The van der Waals surface area contributed by atoms with E-state index in [1.807, 2.05) is 42.9 Å². The molecule has 146 valence electrons. The normalized spacial score (nSPS) is 16.2. The molecular weight excluding hydrogens is 412 g/mol. The summed E-state index contributed by atoms with van der Waals surface area (Å²) in [6, 6.07) is 12.0. The average Bonchev–Trinajstić information content (AvgIpc) is 3.28. The molecule has 0 saturated carbocycles. The highest BCUT2D eigenvalue weighted by Gasteiger charge is 2.32. The van der Waals surface area contributed by atoms with E-state index in [0.29, 0.717) is 26.9 Å². The van der Waals surface area contributed by atoms with Crippen molar-refractivity contribution in [2.24, 2.45) is 7.05 Å². The minimum atomic E-state index is -0.309. The van der Waals surface area contributed by atoms with Crippen molar-refractivity contribution >= 4 is 45.6 Å². The number of hydrogen-bond donors (Lipinski definition) is 1. The van der Waals surface area contributed by atoms with Gasteiger partial charge in [-0.25, -0.2) is 14.1 Å². The lowest BCUT2D eigenvalue weighted by Gasteiger charge is -2.30. The summed E-state index contributed by atoms with van der Waals surface area (Å²) in [7, 11) is 1.82. The van der Waals surface area contributed by atoms with Gasteiger partial charge in [-0.15, -0.1) is 0 Å². The zero-order chi connectivity index (χ0) is 20.3. The molecule has 2 aromatic carbocycles. The maximum Gasteiger partial charge on any atom is 0.149 e. The maximum absolute atomic E-state index is 14.5. The van der Waals surface area contributed by atoms with Crippen molar-refractivity contribution in [2.45, 2.75) is 13.0 Å². The molecule has 0 aliphatic carbocycles. The molecule has 0 saturated heterocycles. The molecule has 3 heterocycles. The van der Waals surface area contributed by atoms with E-state index in [0.717, 1.165) is 22.7 Å². The second-order valence-corrected chi connectivity index (χ2v) is 7.82. The molecule has 8 heteroatoms. The van der Waals surface area contributed by atoms with E-state index in [9.17, 15) is 4.39 Å². The standard InChI is InChI=1S/C21H16Cl2FN5/c1-11-18(21-27-16-5-3-4-15(24)20(16)28(21)2)19(29-17(26-11)8-9-25-29)12-6-7-13(22)14(23)10-12/h3-10,19,26H,1-2H3. The number of aryl methyl sites for hydroxylation is 1. The quantitative estimate of drug-likeness (QED) is 0.448. The lowest BCUT2D eigenvalue weighted by molar-refractivity contribution is 0.611. The minimum absolute atomic E-state index is 0.297. The van der Waals surface area contributed by atoms with Crippen molar-refractivity contribution in [3.05, 3.63) is 81.6 Å². The summed E-state index contributed by atoms with van der Waals surface area (Å²) in [5.41, 5.74) is 3.77. The van der Waals surface area contributed by atoms with Gasteiger partial charge in [0.1, 0.15) is 29.0 Å². The van der Waals surface area contributed by atoms with Crippen molar-refractivity contribution in [1.82, 2.24) is 19.3 Å². The number of nitrogens with one attached hydrogen (secondary N) is 1. The zero-order valence-electron chi connectivity index (χ0n) is 15.6. The Morgan fingerprint density at radius 1 is 1.10 bits per heavy atom. The van der Waals surface area contributed by atoms with Gasteiger partial charge in [-0.2, -0.15) is 5.10 Å². The highest BCUT2D eigenvalue weighted by atomic mass is 35.5.